The van der Waals surface area contributed by atoms with E-state index >= 15 is 0 Å². The largest absolute Gasteiger partial charge is 0.415 e. The minimum atomic E-state index is -4.65. The molecular formula is C13H23F3N2O2. The fourth-order valence-corrected chi connectivity index (χ4v) is 2.49. The second kappa shape index (κ2) is 7.26. The predicted molar refractivity (Wildman–Crippen MR) is 69.1 cm³/mol. The van der Waals surface area contributed by atoms with Crippen LogP contribution in [0.25, 0.3) is 0 Å². The molecule has 3 unspecified atom stereocenters. The van der Waals surface area contributed by atoms with Gasteiger partial charge in [0.15, 0.2) is 6.10 Å². The highest BCUT2D eigenvalue weighted by Crippen LogP contribution is 2.23. The molecule has 0 spiro atoms. The van der Waals surface area contributed by atoms with Gasteiger partial charge in [-0.25, -0.2) is 0 Å². The number of rotatable bonds is 5. The van der Waals surface area contributed by atoms with Gasteiger partial charge in [-0.05, 0) is 25.8 Å². The van der Waals surface area contributed by atoms with Crippen LogP contribution in [0.1, 0.15) is 32.6 Å². The van der Waals surface area contributed by atoms with Crippen LogP contribution in [0.2, 0.25) is 0 Å². The Hall–Kier alpha value is -0.820. The van der Waals surface area contributed by atoms with Crippen molar-refractivity contribution in [2.75, 3.05) is 20.1 Å². The van der Waals surface area contributed by atoms with E-state index in [9.17, 15) is 18.0 Å². The number of amides is 1. The van der Waals surface area contributed by atoms with Crippen LogP contribution < -0.4 is 5.32 Å². The van der Waals surface area contributed by atoms with Crippen LogP contribution in [0.15, 0.2) is 0 Å². The van der Waals surface area contributed by atoms with E-state index in [1.54, 1.807) is 0 Å². The molecule has 1 fully saturated rings. The van der Waals surface area contributed by atoms with Gasteiger partial charge in [0, 0.05) is 12.6 Å². The lowest BCUT2D eigenvalue weighted by Gasteiger charge is -2.30. The highest BCUT2D eigenvalue weighted by Gasteiger charge is 2.38. The number of aliphatic hydroxyl groups is 1. The Bertz CT molecular complexity index is 323. The average Bonchev–Trinajstić information content (AvgIpc) is 2.30. The Morgan fingerprint density at radius 2 is 2.00 bits per heavy atom. The van der Waals surface area contributed by atoms with Gasteiger partial charge in [-0.1, -0.05) is 19.8 Å². The van der Waals surface area contributed by atoms with Crippen molar-refractivity contribution in [2.24, 2.45) is 5.92 Å². The fourth-order valence-electron chi connectivity index (χ4n) is 2.49. The number of nitrogens with one attached hydrogen (secondary N) is 1. The molecule has 1 rings (SSSR count). The number of aliphatic hydroxyl groups excluding tert-OH is 1. The van der Waals surface area contributed by atoms with E-state index in [4.69, 9.17) is 5.11 Å². The van der Waals surface area contributed by atoms with Gasteiger partial charge in [-0.15, -0.1) is 0 Å². The van der Waals surface area contributed by atoms with Gasteiger partial charge >= 0.3 is 6.18 Å². The molecule has 7 heteroatoms. The first kappa shape index (κ1) is 17.2. The van der Waals surface area contributed by atoms with Gasteiger partial charge in [0.2, 0.25) is 5.91 Å². The lowest BCUT2D eigenvalue weighted by molar-refractivity contribution is -0.207. The first-order valence-corrected chi connectivity index (χ1v) is 6.93. The summed E-state index contributed by atoms with van der Waals surface area (Å²) < 4.78 is 36.6. The quantitative estimate of drug-likeness (QED) is 0.809. The van der Waals surface area contributed by atoms with E-state index in [0.29, 0.717) is 5.92 Å². The van der Waals surface area contributed by atoms with Crippen molar-refractivity contribution in [3.05, 3.63) is 0 Å². The van der Waals surface area contributed by atoms with E-state index in [2.05, 4.69) is 12.2 Å². The number of halogens is 3. The Kier molecular flexibility index (Phi) is 6.26. The molecule has 1 aliphatic rings. The van der Waals surface area contributed by atoms with Crippen molar-refractivity contribution in [1.82, 2.24) is 10.2 Å². The number of hydrogen-bond acceptors (Lipinski definition) is 3. The minimum Gasteiger partial charge on any atom is -0.382 e. The van der Waals surface area contributed by atoms with Gasteiger partial charge in [0.1, 0.15) is 0 Å². The first-order chi connectivity index (χ1) is 9.20. The summed E-state index contributed by atoms with van der Waals surface area (Å²) in [7, 11) is 1.39. The maximum absolute atomic E-state index is 12.2. The second-order valence-electron chi connectivity index (χ2n) is 5.69. The van der Waals surface area contributed by atoms with Crippen LogP contribution in [0.4, 0.5) is 13.2 Å². The molecule has 0 saturated heterocycles. The van der Waals surface area contributed by atoms with Crippen LogP contribution in [-0.4, -0.2) is 54.4 Å². The second-order valence-corrected chi connectivity index (χ2v) is 5.69. The number of hydrogen-bond donors (Lipinski definition) is 2. The maximum Gasteiger partial charge on any atom is 0.415 e. The van der Waals surface area contributed by atoms with E-state index in [0.717, 1.165) is 25.7 Å². The third kappa shape index (κ3) is 5.66. The number of nitrogens with zero attached hydrogens (tertiary/aromatic N) is 1. The van der Waals surface area contributed by atoms with Gasteiger partial charge in [-0.3, -0.25) is 9.69 Å². The molecule has 20 heavy (non-hydrogen) atoms. The highest BCUT2D eigenvalue weighted by molar-refractivity contribution is 5.78. The zero-order valence-corrected chi connectivity index (χ0v) is 11.9. The maximum atomic E-state index is 12.2. The SMILES string of the molecule is CC1CCCCC1NC(=O)CN(C)CC(O)C(F)(F)F. The van der Waals surface area contributed by atoms with Crippen LogP contribution in [0.3, 0.4) is 0 Å². The summed E-state index contributed by atoms with van der Waals surface area (Å²) in [5.74, 6) is 0.111. The molecule has 1 amide bonds. The third-order valence-corrected chi connectivity index (χ3v) is 3.73. The zero-order chi connectivity index (χ0) is 15.3. The van der Waals surface area contributed by atoms with Gasteiger partial charge < -0.3 is 10.4 Å². The summed E-state index contributed by atoms with van der Waals surface area (Å²) in [6, 6.07) is 0.109. The molecule has 4 nitrogen and oxygen atoms in total. The van der Waals surface area contributed by atoms with Gasteiger partial charge in [-0.2, -0.15) is 13.2 Å². The Morgan fingerprint density at radius 1 is 1.40 bits per heavy atom. The normalized spacial score (nSPS) is 25.6. The molecule has 118 valence electrons. The number of carbonyl (C=O) groups is 1. The van der Waals surface area contributed by atoms with Crippen LogP contribution in [0.5, 0.6) is 0 Å². The topological polar surface area (TPSA) is 52.6 Å². The molecule has 0 heterocycles. The van der Waals surface area contributed by atoms with Crippen molar-refractivity contribution in [3.8, 4) is 0 Å². The fraction of sp³-hybridized carbons (Fsp3) is 0.923. The Morgan fingerprint density at radius 3 is 2.55 bits per heavy atom. The molecule has 0 aromatic rings. The number of likely N-dealkylation sites (N-methyl/N-ethyl adjacent to an activating group) is 1. The van der Waals surface area contributed by atoms with Crippen LogP contribution >= 0.6 is 0 Å². The van der Waals surface area contributed by atoms with E-state index < -0.39 is 18.8 Å². The van der Waals surface area contributed by atoms with Crippen molar-refractivity contribution >= 4 is 5.91 Å². The summed E-state index contributed by atoms with van der Waals surface area (Å²) in [5.41, 5.74) is 0. The molecule has 3 atom stereocenters. The molecule has 1 saturated carbocycles. The molecule has 2 N–H and O–H groups in total. The van der Waals surface area contributed by atoms with Crippen molar-refractivity contribution in [3.63, 3.8) is 0 Å². The lowest BCUT2D eigenvalue weighted by Crippen LogP contribution is -2.47. The third-order valence-electron chi connectivity index (χ3n) is 3.73. The van der Waals surface area contributed by atoms with Crippen LogP contribution in [-0.2, 0) is 4.79 Å². The van der Waals surface area contributed by atoms with Crippen molar-refractivity contribution in [1.29, 1.82) is 0 Å². The first-order valence-electron chi connectivity index (χ1n) is 6.93. The van der Waals surface area contributed by atoms with E-state index in [1.165, 1.54) is 11.9 Å². The highest BCUT2D eigenvalue weighted by atomic mass is 19.4. The van der Waals surface area contributed by atoms with Crippen molar-refractivity contribution in [2.45, 2.75) is 50.9 Å². The Labute approximate surface area is 117 Å². The van der Waals surface area contributed by atoms with E-state index in [1.807, 2.05) is 0 Å². The molecule has 0 radical (unpaired) electrons. The number of alkyl halides is 3. The lowest BCUT2D eigenvalue weighted by atomic mass is 9.86. The van der Waals surface area contributed by atoms with Crippen LogP contribution in [0, 0.1) is 5.92 Å². The van der Waals surface area contributed by atoms with E-state index in [-0.39, 0.29) is 18.5 Å². The number of carbonyl (C=O) groups excluding carboxylic acids is 1. The average molecular weight is 296 g/mol. The van der Waals surface area contributed by atoms with Gasteiger partial charge in [0.05, 0.1) is 6.54 Å². The standard InChI is InChI=1S/C13H23F3N2O2/c1-9-5-3-4-6-10(9)17-12(20)8-18(2)7-11(19)13(14,15)16/h9-11,19H,3-8H2,1-2H3,(H,17,20). The van der Waals surface area contributed by atoms with Crippen molar-refractivity contribution < 1.29 is 23.1 Å². The summed E-state index contributed by atoms with van der Waals surface area (Å²) in [6.45, 7) is 1.33. The zero-order valence-electron chi connectivity index (χ0n) is 11.9. The summed E-state index contributed by atoms with van der Waals surface area (Å²) in [6.07, 6.45) is -2.87. The smallest absolute Gasteiger partial charge is 0.382 e. The molecule has 0 bridgehead atoms. The molecule has 0 aliphatic heterocycles. The van der Waals surface area contributed by atoms with Gasteiger partial charge in [0.25, 0.3) is 0 Å². The Balaban J connectivity index is 2.34. The summed E-state index contributed by atoms with van der Waals surface area (Å²) in [5, 5.41) is 11.8. The summed E-state index contributed by atoms with van der Waals surface area (Å²) >= 11 is 0. The molecular weight excluding hydrogens is 273 g/mol. The minimum absolute atomic E-state index is 0.109. The molecule has 0 aromatic carbocycles. The monoisotopic (exact) mass is 296 g/mol. The predicted octanol–water partition coefficient (Wildman–Crippen LogP) is 1.54. The summed E-state index contributed by atoms with van der Waals surface area (Å²) in [4.78, 5) is 13.0. The molecule has 1 aliphatic carbocycles. The molecule has 0 aromatic heterocycles.